The van der Waals surface area contributed by atoms with Gasteiger partial charge in [0.2, 0.25) is 0 Å². The first-order chi connectivity index (χ1) is 13.6. The summed E-state index contributed by atoms with van der Waals surface area (Å²) in [5, 5.41) is 1.77. The van der Waals surface area contributed by atoms with Crippen LogP contribution in [0.4, 0.5) is 0 Å². The molecule has 2 aromatic carbocycles. The molecule has 3 aromatic rings. The van der Waals surface area contributed by atoms with Gasteiger partial charge in [-0.05, 0) is 42.1 Å². The zero-order chi connectivity index (χ0) is 20.3. The summed E-state index contributed by atoms with van der Waals surface area (Å²) in [5.41, 5.74) is 1.89. The normalized spacial score (nSPS) is 10.4. The van der Waals surface area contributed by atoms with Gasteiger partial charge in [-0.1, -0.05) is 6.07 Å². The Morgan fingerprint density at radius 1 is 0.793 bits per heavy atom. The Bertz CT molecular complexity index is 1060. The topological polar surface area (TPSA) is 58.9 Å². The second kappa shape index (κ2) is 9.56. The molecule has 29 heavy (non-hydrogen) atoms. The van der Waals surface area contributed by atoms with E-state index in [0.717, 1.165) is 22.0 Å². The Balaban J connectivity index is 0.00000300. The summed E-state index contributed by atoms with van der Waals surface area (Å²) < 4.78 is 23.4. The Labute approximate surface area is 176 Å². The number of fused-ring (bicyclic) bond motifs is 1. The quantitative estimate of drug-likeness (QED) is 0.577. The molecule has 1 aromatic heterocycles. The van der Waals surface area contributed by atoms with Crippen LogP contribution in [-0.4, -0.2) is 33.0 Å². The fourth-order valence-corrected chi connectivity index (χ4v) is 3.47. The predicted molar refractivity (Wildman–Crippen MR) is 117 cm³/mol. The van der Waals surface area contributed by atoms with Crippen LogP contribution in [0.2, 0.25) is 0 Å². The van der Waals surface area contributed by atoms with Gasteiger partial charge in [0.1, 0.15) is 0 Å². The number of ether oxygens (including phenoxy) is 4. The van der Waals surface area contributed by atoms with Crippen molar-refractivity contribution in [3.8, 4) is 23.0 Å². The zero-order valence-electron chi connectivity index (χ0n) is 17.3. The summed E-state index contributed by atoms with van der Waals surface area (Å²) in [6.45, 7) is 2.54. The van der Waals surface area contributed by atoms with Crippen LogP contribution in [0.25, 0.3) is 10.8 Å². The molecule has 0 unspecified atom stereocenters. The van der Waals surface area contributed by atoms with Crippen molar-refractivity contribution in [1.82, 2.24) is 4.57 Å². The van der Waals surface area contributed by atoms with Crippen LogP contribution >= 0.6 is 12.4 Å². The Kier molecular flexibility index (Phi) is 7.40. The lowest BCUT2D eigenvalue weighted by Crippen LogP contribution is -2.22. The van der Waals surface area contributed by atoms with E-state index < -0.39 is 0 Å². The molecule has 0 saturated heterocycles. The van der Waals surface area contributed by atoms with Gasteiger partial charge in [0.05, 0.1) is 28.4 Å². The largest absolute Gasteiger partial charge is 0.493 e. The number of nitrogens with zero attached hydrogens (tertiary/aromatic N) is 1. The van der Waals surface area contributed by atoms with Gasteiger partial charge in [-0.15, -0.1) is 12.4 Å². The zero-order valence-corrected chi connectivity index (χ0v) is 18.1. The molecule has 6 nitrogen and oxygen atoms in total. The van der Waals surface area contributed by atoms with Gasteiger partial charge in [0.15, 0.2) is 23.0 Å². The van der Waals surface area contributed by atoms with E-state index in [1.165, 1.54) is 0 Å². The third-order valence-electron chi connectivity index (χ3n) is 4.87. The van der Waals surface area contributed by atoms with Gasteiger partial charge in [0.25, 0.3) is 5.56 Å². The summed E-state index contributed by atoms with van der Waals surface area (Å²) in [5.74, 6) is 2.55. The Hall–Kier alpha value is -2.86. The lowest BCUT2D eigenvalue weighted by molar-refractivity contribution is 0.354. The van der Waals surface area contributed by atoms with E-state index in [9.17, 15) is 4.79 Å². The van der Waals surface area contributed by atoms with Crippen LogP contribution in [0.5, 0.6) is 23.0 Å². The smallest absolute Gasteiger partial charge is 0.251 e. The number of pyridine rings is 1. The van der Waals surface area contributed by atoms with Crippen molar-refractivity contribution in [3.05, 3.63) is 58.0 Å². The minimum atomic E-state index is -0.0438. The SMILES string of the molecule is CCn1c(Cc2ccc(OC)c(OC)c2)c2cc(OC)c(OC)cc2cc1=O.Cl. The highest BCUT2D eigenvalue weighted by Crippen LogP contribution is 2.34. The minimum Gasteiger partial charge on any atom is -0.493 e. The van der Waals surface area contributed by atoms with Crippen LogP contribution in [0.1, 0.15) is 18.2 Å². The molecule has 0 atom stereocenters. The number of benzene rings is 2. The number of rotatable bonds is 7. The lowest BCUT2D eigenvalue weighted by atomic mass is 10.0. The Morgan fingerprint density at radius 3 is 1.97 bits per heavy atom. The number of aromatic nitrogens is 1. The molecule has 0 fully saturated rings. The monoisotopic (exact) mass is 419 g/mol. The summed E-state index contributed by atoms with van der Waals surface area (Å²) >= 11 is 0. The molecular formula is C22H26ClNO5. The van der Waals surface area contributed by atoms with Crippen LogP contribution in [0.3, 0.4) is 0 Å². The van der Waals surface area contributed by atoms with Gasteiger partial charge in [-0.25, -0.2) is 0 Å². The van der Waals surface area contributed by atoms with Crippen molar-refractivity contribution in [2.75, 3.05) is 28.4 Å². The van der Waals surface area contributed by atoms with E-state index in [1.54, 1.807) is 39.1 Å². The minimum absolute atomic E-state index is 0. The molecular weight excluding hydrogens is 394 g/mol. The molecule has 0 aliphatic heterocycles. The number of hydrogen-bond acceptors (Lipinski definition) is 5. The van der Waals surface area contributed by atoms with Gasteiger partial charge in [-0.3, -0.25) is 4.79 Å². The van der Waals surface area contributed by atoms with Crippen molar-refractivity contribution >= 4 is 23.2 Å². The van der Waals surface area contributed by atoms with Crippen LogP contribution in [0.15, 0.2) is 41.2 Å². The molecule has 3 rings (SSSR count). The molecule has 7 heteroatoms. The van der Waals surface area contributed by atoms with Crippen molar-refractivity contribution in [2.24, 2.45) is 0 Å². The first-order valence-corrected chi connectivity index (χ1v) is 9.05. The van der Waals surface area contributed by atoms with Crippen LogP contribution in [-0.2, 0) is 13.0 Å². The Morgan fingerprint density at radius 2 is 1.38 bits per heavy atom. The first-order valence-electron chi connectivity index (χ1n) is 9.05. The fourth-order valence-electron chi connectivity index (χ4n) is 3.47. The molecule has 0 aliphatic rings. The van der Waals surface area contributed by atoms with Crippen molar-refractivity contribution in [3.63, 3.8) is 0 Å². The maximum absolute atomic E-state index is 12.7. The van der Waals surface area contributed by atoms with Gasteiger partial charge < -0.3 is 23.5 Å². The average Bonchev–Trinajstić information content (AvgIpc) is 2.72. The van der Waals surface area contributed by atoms with E-state index in [1.807, 2.05) is 37.3 Å². The fraction of sp³-hybridized carbons (Fsp3) is 0.318. The van der Waals surface area contributed by atoms with Crippen LogP contribution < -0.4 is 24.5 Å². The number of halogens is 1. The number of methoxy groups -OCH3 is 4. The summed E-state index contributed by atoms with van der Waals surface area (Å²) in [7, 11) is 6.41. The highest BCUT2D eigenvalue weighted by atomic mass is 35.5. The second-order valence-electron chi connectivity index (χ2n) is 6.33. The molecule has 0 bridgehead atoms. The van der Waals surface area contributed by atoms with Gasteiger partial charge in [0, 0.05) is 30.1 Å². The molecule has 0 aliphatic carbocycles. The molecule has 156 valence electrons. The molecule has 0 radical (unpaired) electrons. The van der Waals surface area contributed by atoms with E-state index in [2.05, 4.69) is 0 Å². The maximum Gasteiger partial charge on any atom is 0.251 e. The first kappa shape index (κ1) is 22.4. The maximum atomic E-state index is 12.7. The van der Waals surface area contributed by atoms with Crippen molar-refractivity contribution in [2.45, 2.75) is 19.9 Å². The molecule has 0 amide bonds. The van der Waals surface area contributed by atoms with Crippen LogP contribution in [0, 0.1) is 0 Å². The highest BCUT2D eigenvalue weighted by Gasteiger charge is 2.15. The van der Waals surface area contributed by atoms with Crippen molar-refractivity contribution in [1.29, 1.82) is 0 Å². The highest BCUT2D eigenvalue weighted by molar-refractivity contribution is 5.88. The number of hydrogen-bond donors (Lipinski definition) is 0. The summed E-state index contributed by atoms with van der Waals surface area (Å²) in [6.07, 6.45) is 0.566. The van der Waals surface area contributed by atoms with Gasteiger partial charge >= 0.3 is 0 Å². The van der Waals surface area contributed by atoms with Gasteiger partial charge in [-0.2, -0.15) is 0 Å². The van der Waals surface area contributed by atoms with E-state index in [0.29, 0.717) is 36.0 Å². The van der Waals surface area contributed by atoms with E-state index in [-0.39, 0.29) is 18.0 Å². The molecule has 0 spiro atoms. The third kappa shape index (κ3) is 4.27. The standard InChI is InChI=1S/C22H25NO5.ClH/c1-6-23-17(9-14-7-8-18(25-2)19(10-14)26-3)16-13-21(28-5)20(27-4)11-15(16)12-22(23)24;/h7-8,10-13H,6,9H2,1-5H3;1H. The molecule has 1 heterocycles. The molecule has 0 saturated carbocycles. The average molecular weight is 420 g/mol. The van der Waals surface area contributed by atoms with E-state index >= 15 is 0 Å². The third-order valence-corrected chi connectivity index (χ3v) is 4.87. The van der Waals surface area contributed by atoms with E-state index in [4.69, 9.17) is 18.9 Å². The molecule has 0 N–H and O–H groups in total. The predicted octanol–water partition coefficient (Wildman–Crippen LogP) is 4.07. The summed E-state index contributed by atoms with van der Waals surface area (Å²) in [6, 6.07) is 11.2. The van der Waals surface area contributed by atoms with Crippen molar-refractivity contribution < 1.29 is 18.9 Å². The lowest BCUT2D eigenvalue weighted by Gasteiger charge is -2.17. The second-order valence-corrected chi connectivity index (χ2v) is 6.33. The summed E-state index contributed by atoms with van der Waals surface area (Å²) in [4.78, 5) is 12.7.